The summed E-state index contributed by atoms with van der Waals surface area (Å²) in [5.74, 6) is 0.919. The Morgan fingerprint density at radius 1 is 1.18 bits per heavy atom. The van der Waals surface area contributed by atoms with Crippen molar-refractivity contribution in [3.8, 4) is 0 Å². The molecule has 0 atom stereocenters. The predicted molar refractivity (Wildman–Crippen MR) is 110 cm³/mol. The van der Waals surface area contributed by atoms with E-state index in [-0.39, 0.29) is 0 Å². The van der Waals surface area contributed by atoms with E-state index in [0.29, 0.717) is 17.9 Å². The molecule has 0 amide bonds. The van der Waals surface area contributed by atoms with E-state index in [2.05, 4.69) is 21.5 Å². The molecular weight excluding hydrogens is 374 g/mol. The molecule has 2 aromatic heterocycles. The Morgan fingerprint density at radius 3 is 2.71 bits per heavy atom. The topological polar surface area (TPSA) is 75.9 Å². The second-order valence-electron chi connectivity index (χ2n) is 8.46. The van der Waals surface area contributed by atoms with Gasteiger partial charge in [-0.2, -0.15) is 5.10 Å². The third-order valence-corrected chi connectivity index (χ3v) is 6.31. The number of nitrogens with zero attached hydrogens (tertiary/aromatic N) is 4. The van der Waals surface area contributed by atoms with Gasteiger partial charge in [-0.1, -0.05) is 11.6 Å². The highest BCUT2D eigenvalue weighted by atomic mass is 35.5. The molecule has 5 rings (SSSR count). The highest BCUT2D eigenvalue weighted by Gasteiger charge is 2.30. The van der Waals surface area contributed by atoms with Gasteiger partial charge in [-0.05, 0) is 69.1 Å². The van der Waals surface area contributed by atoms with E-state index in [4.69, 9.17) is 16.6 Å². The van der Waals surface area contributed by atoms with Crippen LogP contribution in [0.1, 0.15) is 63.0 Å². The number of aromatic nitrogens is 4. The Balaban J connectivity index is 1.40. The van der Waals surface area contributed by atoms with Gasteiger partial charge in [0.25, 0.3) is 0 Å². The summed E-state index contributed by atoms with van der Waals surface area (Å²) in [6, 6.07) is 4.59. The molecule has 0 unspecified atom stereocenters. The summed E-state index contributed by atoms with van der Waals surface area (Å²) in [5.41, 5.74) is 2.35. The van der Waals surface area contributed by atoms with E-state index < -0.39 is 5.60 Å². The number of hydrogen-bond acceptors (Lipinski definition) is 5. The number of anilines is 2. The Kier molecular flexibility index (Phi) is 4.29. The molecule has 7 heteroatoms. The van der Waals surface area contributed by atoms with Gasteiger partial charge < -0.3 is 10.4 Å². The maximum atomic E-state index is 10.2. The van der Waals surface area contributed by atoms with Gasteiger partial charge in [-0.3, -0.25) is 4.68 Å². The predicted octanol–water partition coefficient (Wildman–Crippen LogP) is 4.97. The van der Waals surface area contributed by atoms with Crippen molar-refractivity contribution in [3.63, 3.8) is 0 Å². The van der Waals surface area contributed by atoms with Gasteiger partial charge in [0.05, 0.1) is 29.0 Å². The molecule has 0 radical (unpaired) electrons. The number of hydrogen-bond donors (Lipinski definition) is 2. The molecule has 2 fully saturated rings. The van der Waals surface area contributed by atoms with Crippen molar-refractivity contribution in [2.24, 2.45) is 0 Å². The van der Waals surface area contributed by atoms with Gasteiger partial charge in [0.1, 0.15) is 0 Å². The van der Waals surface area contributed by atoms with Crippen LogP contribution in [0.2, 0.25) is 5.02 Å². The normalized spacial score (nSPS) is 25.2. The summed E-state index contributed by atoms with van der Waals surface area (Å²) in [7, 11) is 0. The number of benzene rings is 1. The van der Waals surface area contributed by atoms with Gasteiger partial charge in [0.2, 0.25) is 5.95 Å². The lowest BCUT2D eigenvalue weighted by atomic mass is 9.77. The fourth-order valence-electron chi connectivity index (χ4n) is 4.06. The van der Waals surface area contributed by atoms with Crippen LogP contribution in [0.3, 0.4) is 0 Å². The van der Waals surface area contributed by atoms with Gasteiger partial charge in [-0.25, -0.2) is 9.97 Å². The summed E-state index contributed by atoms with van der Waals surface area (Å²) in [6.45, 7) is 1.92. The summed E-state index contributed by atoms with van der Waals surface area (Å²) in [5, 5.41) is 19.6. The third-order valence-electron chi connectivity index (χ3n) is 5.98. The highest BCUT2D eigenvalue weighted by Crippen LogP contribution is 2.41. The lowest BCUT2D eigenvalue weighted by Gasteiger charge is -2.33. The summed E-state index contributed by atoms with van der Waals surface area (Å²) < 4.78 is 2.00. The molecule has 0 bridgehead atoms. The molecule has 1 aromatic carbocycles. The van der Waals surface area contributed by atoms with Crippen LogP contribution >= 0.6 is 11.6 Å². The molecule has 2 saturated carbocycles. The molecule has 0 spiro atoms. The smallest absolute Gasteiger partial charge is 0.227 e. The van der Waals surface area contributed by atoms with Crippen molar-refractivity contribution in [2.45, 2.75) is 63.0 Å². The standard InChI is InChI=1S/C21H24ClN5O/c1-21(28)6-4-13(5-7-21)17-9-19-14(8-18(17)22)10-23-20(26-19)25-15-11-24-27(12-15)16-2-3-16/h8-13,16,28H,2-7H2,1H3,(H,23,25,26). The van der Waals surface area contributed by atoms with Gasteiger partial charge >= 0.3 is 0 Å². The SMILES string of the molecule is CC1(O)CCC(c2cc3nc(Nc4cnn(C5CC5)c4)ncc3cc2Cl)CC1. The zero-order chi connectivity index (χ0) is 19.3. The Bertz CT molecular complexity index is 1020. The van der Waals surface area contributed by atoms with E-state index in [0.717, 1.165) is 52.9 Å². The van der Waals surface area contributed by atoms with Crippen LogP contribution in [0.4, 0.5) is 11.6 Å². The summed E-state index contributed by atoms with van der Waals surface area (Å²) >= 11 is 6.57. The molecule has 2 heterocycles. The maximum Gasteiger partial charge on any atom is 0.227 e. The third kappa shape index (κ3) is 3.59. The molecule has 2 aliphatic rings. The highest BCUT2D eigenvalue weighted by molar-refractivity contribution is 6.32. The van der Waals surface area contributed by atoms with E-state index in [1.807, 2.05) is 30.1 Å². The van der Waals surface area contributed by atoms with E-state index in [9.17, 15) is 5.11 Å². The Labute approximate surface area is 169 Å². The minimum Gasteiger partial charge on any atom is -0.390 e. The van der Waals surface area contributed by atoms with Gasteiger partial charge in [-0.15, -0.1) is 0 Å². The first kappa shape index (κ1) is 17.9. The Hall–Kier alpha value is -2.18. The van der Waals surface area contributed by atoms with E-state index >= 15 is 0 Å². The van der Waals surface area contributed by atoms with Crippen LogP contribution in [0.15, 0.2) is 30.7 Å². The number of nitrogens with one attached hydrogen (secondary N) is 1. The van der Waals surface area contributed by atoms with Crippen molar-refractivity contribution in [3.05, 3.63) is 41.3 Å². The number of aliphatic hydroxyl groups is 1. The van der Waals surface area contributed by atoms with Crippen LogP contribution in [-0.4, -0.2) is 30.5 Å². The van der Waals surface area contributed by atoms with Crippen LogP contribution in [0.25, 0.3) is 10.9 Å². The zero-order valence-electron chi connectivity index (χ0n) is 15.9. The number of fused-ring (bicyclic) bond motifs is 1. The zero-order valence-corrected chi connectivity index (χ0v) is 16.7. The molecule has 3 aromatic rings. The quantitative estimate of drug-likeness (QED) is 0.650. The summed E-state index contributed by atoms with van der Waals surface area (Å²) in [6.07, 6.45) is 11.5. The molecule has 6 nitrogen and oxygen atoms in total. The number of halogens is 1. The van der Waals surface area contributed by atoms with Gasteiger partial charge in [0, 0.05) is 22.8 Å². The van der Waals surface area contributed by atoms with Crippen molar-refractivity contribution < 1.29 is 5.11 Å². The average molecular weight is 398 g/mol. The van der Waals surface area contributed by atoms with Crippen molar-refractivity contribution in [2.75, 3.05) is 5.32 Å². The largest absolute Gasteiger partial charge is 0.390 e. The minimum atomic E-state index is -0.552. The van der Waals surface area contributed by atoms with E-state index in [1.54, 1.807) is 6.20 Å². The van der Waals surface area contributed by atoms with Crippen LogP contribution in [0, 0.1) is 0 Å². The molecule has 0 aliphatic heterocycles. The average Bonchev–Trinajstić information content (AvgIpc) is 3.41. The fourth-order valence-corrected chi connectivity index (χ4v) is 4.39. The summed E-state index contributed by atoms with van der Waals surface area (Å²) in [4.78, 5) is 9.12. The molecule has 0 saturated heterocycles. The fraction of sp³-hybridized carbons (Fsp3) is 0.476. The lowest BCUT2D eigenvalue weighted by Crippen LogP contribution is -2.29. The minimum absolute atomic E-state index is 0.361. The molecule has 2 aliphatic carbocycles. The van der Waals surface area contributed by atoms with Crippen molar-refractivity contribution in [1.82, 2.24) is 19.7 Å². The molecule has 146 valence electrons. The second-order valence-corrected chi connectivity index (χ2v) is 8.87. The number of rotatable bonds is 4. The van der Waals surface area contributed by atoms with Crippen molar-refractivity contribution in [1.29, 1.82) is 0 Å². The Morgan fingerprint density at radius 2 is 1.96 bits per heavy atom. The molecule has 28 heavy (non-hydrogen) atoms. The van der Waals surface area contributed by atoms with Crippen molar-refractivity contribution >= 4 is 34.1 Å². The first-order chi connectivity index (χ1) is 13.5. The first-order valence-corrected chi connectivity index (χ1v) is 10.3. The van der Waals surface area contributed by atoms with Crippen LogP contribution < -0.4 is 5.32 Å². The van der Waals surface area contributed by atoms with Crippen LogP contribution in [-0.2, 0) is 0 Å². The first-order valence-electron chi connectivity index (χ1n) is 9.97. The second kappa shape index (κ2) is 6.71. The van der Waals surface area contributed by atoms with Gasteiger partial charge in [0.15, 0.2) is 0 Å². The van der Waals surface area contributed by atoms with Crippen LogP contribution in [0.5, 0.6) is 0 Å². The molecule has 2 N–H and O–H groups in total. The lowest BCUT2D eigenvalue weighted by molar-refractivity contribution is 0.0172. The monoisotopic (exact) mass is 397 g/mol. The maximum absolute atomic E-state index is 10.2. The molecular formula is C21H24ClN5O. The van der Waals surface area contributed by atoms with E-state index in [1.165, 1.54) is 12.8 Å².